The summed E-state index contributed by atoms with van der Waals surface area (Å²) in [5.41, 5.74) is 6.03. The zero-order chi connectivity index (χ0) is 11.4. The van der Waals surface area contributed by atoms with E-state index in [1.54, 1.807) is 0 Å². The smallest absolute Gasteiger partial charge is 0.341 e. The lowest BCUT2D eigenvalue weighted by Gasteiger charge is -2.08. The zero-order valence-electron chi connectivity index (χ0n) is 8.86. The first kappa shape index (κ1) is 11.4. The number of ether oxygens (including phenoxy) is 1. The molecule has 0 heterocycles. The van der Waals surface area contributed by atoms with Crippen LogP contribution in [0.1, 0.15) is 24.2 Å². The van der Waals surface area contributed by atoms with E-state index < -0.39 is 5.97 Å². The molecule has 4 heteroatoms. The van der Waals surface area contributed by atoms with Gasteiger partial charge in [0.05, 0.1) is 6.61 Å². The van der Waals surface area contributed by atoms with Gasteiger partial charge in [-0.3, -0.25) is 0 Å². The first-order valence-corrected chi connectivity index (χ1v) is 4.76. The van der Waals surface area contributed by atoms with Crippen molar-refractivity contribution >= 4 is 11.7 Å². The molecule has 0 aliphatic carbocycles. The molecule has 15 heavy (non-hydrogen) atoms. The Bertz CT molecular complexity index is 361. The summed E-state index contributed by atoms with van der Waals surface area (Å²) in [6, 6.07) is 4.30. The number of hydrogen-bond donors (Lipinski definition) is 2. The van der Waals surface area contributed by atoms with Gasteiger partial charge in [0.1, 0.15) is 11.3 Å². The highest BCUT2D eigenvalue weighted by atomic mass is 16.5. The van der Waals surface area contributed by atoms with Crippen LogP contribution in [0.15, 0.2) is 18.2 Å². The molecule has 0 saturated heterocycles. The van der Waals surface area contributed by atoms with Crippen molar-refractivity contribution in [1.82, 2.24) is 0 Å². The lowest BCUT2D eigenvalue weighted by Crippen LogP contribution is -2.10. The molecule has 1 aromatic rings. The number of aromatic hydroxyl groups is 1. The van der Waals surface area contributed by atoms with Crippen molar-refractivity contribution < 1.29 is 14.6 Å². The summed E-state index contributed by atoms with van der Waals surface area (Å²) in [7, 11) is 0. The van der Waals surface area contributed by atoms with Gasteiger partial charge in [-0.15, -0.1) is 0 Å². The fourth-order valence-electron chi connectivity index (χ4n) is 1.04. The Morgan fingerprint density at radius 2 is 2.20 bits per heavy atom. The van der Waals surface area contributed by atoms with Crippen LogP contribution in [0.5, 0.6) is 5.75 Å². The SMILES string of the molecule is CC(C)COC(=O)c1cc(N)ccc1O. The van der Waals surface area contributed by atoms with Gasteiger partial charge in [-0.1, -0.05) is 13.8 Å². The second-order valence-corrected chi connectivity index (χ2v) is 3.77. The van der Waals surface area contributed by atoms with Gasteiger partial charge in [-0.05, 0) is 24.1 Å². The fraction of sp³-hybridized carbons (Fsp3) is 0.364. The monoisotopic (exact) mass is 209 g/mol. The maximum Gasteiger partial charge on any atom is 0.341 e. The van der Waals surface area contributed by atoms with Crippen LogP contribution in [0.25, 0.3) is 0 Å². The lowest BCUT2D eigenvalue weighted by molar-refractivity contribution is 0.0456. The number of nitrogens with two attached hydrogens (primary N) is 1. The Kier molecular flexibility index (Phi) is 3.55. The van der Waals surface area contributed by atoms with Crippen molar-refractivity contribution in [2.24, 2.45) is 5.92 Å². The van der Waals surface area contributed by atoms with E-state index in [1.807, 2.05) is 13.8 Å². The van der Waals surface area contributed by atoms with Crippen LogP contribution in [0.3, 0.4) is 0 Å². The van der Waals surface area contributed by atoms with E-state index in [0.717, 1.165) is 0 Å². The molecule has 0 saturated carbocycles. The molecule has 4 nitrogen and oxygen atoms in total. The molecule has 0 bridgehead atoms. The summed E-state index contributed by atoms with van der Waals surface area (Å²) >= 11 is 0. The van der Waals surface area contributed by atoms with Crippen LogP contribution in [0.2, 0.25) is 0 Å². The quantitative estimate of drug-likeness (QED) is 0.452. The van der Waals surface area contributed by atoms with Crippen LogP contribution in [-0.2, 0) is 4.74 Å². The molecule has 82 valence electrons. The van der Waals surface area contributed by atoms with E-state index in [-0.39, 0.29) is 17.2 Å². The second kappa shape index (κ2) is 4.68. The fourth-order valence-corrected chi connectivity index (χ4v) is 1.04. The molecule has 1 rings (SSSR count). The number of hydrogen-bond acceptors (Lipinski definition) is 4. The highest BCUT2D eigenvalue weighted by Gasteiger charge is 2.13. The van der Waals surface area contributed by atoms with Crippen molar-refractivity contribution in [3.63, 3.8) is 0 Å². The number of rotatable bonds is 3. The van der Waals surface area contributed by atoms with Gasteiger partial charge in [0.25, 0.3) is 0 Å². The summed E-state index contributed by atoms with van der Waals surface area (Å²) in [6.07, 6.45) is 0. The Hall–Kier alpha value is -1.71. The summed E-state index contributed by atoms with van der Waals surface area (Å²) < 4.78 is 4.97. The number of phenolic OH excluding ortho intramolecular Hbond substituents is 1. The number of nitrogen functional groups attached to an aromatic ring is 1. The normalized spacial score (nSPS) is 10.3. The van der Waals surface area contributed by atoms with Crippen LogP contribution in [-0.4, -0.2) is 17.7 Å². The van der Waals surface area contributed by atoms with E-state index in [0.29, 0.717) is 12.3 Å². The third-order valence-corrected chi connectivity index (χ3v) is 1.79. The molecule has 3 N–H and O–H groups in total. The van der Waals surface area contributed by atoms with Gasteiger partial charge in [0.15, 0.2) is 0 Å². The number of esters is 1. The standard InChI is InChI=1S/C11H15NO3/c1-7(2)6-15-11(14)9-5-8(12)3-4-10(9)13/h3-5,7,13H,6,12H2,1-2H3. The number of carbonyl (C=O) groups excluding carboxylic acids is 1. The Morgan fingerprint density at radius 3 is 2.80 bits per heavy atom. The summed E-state index contributed by atoms with van der Waals surface area (Å²) in [5, 5.41) is 9.41. The second-order valence-electron chi connectivity index (χ2n) is 3.77. The molecule has 0 atom stereocenters. The molecule has 1 aromatic carbocycles. The molecule has 0 spiro atoms. The van der Waals surface area contributed by atoms with Gasteiger partial charge < -0.3 is 15.6 Å². The Labute approximate surface area is 88.7 Å². The predicted octanol–water partition coefficient (Wildman–Crippen LogP) is 1.79. The van der Waals surface area contributed by atoms with Crippen molar-refractivity contribution in [3.8, 4) is 5.75 Å². The summed E-state index contributed by atoms with van der Waals surface area (Å²) in [4.78, 5) is 11.5. The van der Waals surface area contributed by atoms with Crippen LogP contribution in [0.4, 0.5) is 5.69 Å². The van der Waals surface area contributed by atoms with E-state index in [9.17, 15) is 9.90 Å². The molecular formula is C11H15NO3. The van der Waals surface area contributed by atoms with Crippen molar-refractivity contribution in [2.75, 3.05) is 12.3 Å². The minimum atomic E-state index is -0.548. The maximum atomic E-state index is 11.5. The maximum absolute atomic E-state index is 11.5. The number of phenols is 1. The first-order chi connectivity index (χ1) is 7.00. The van der Waals surface area contributed by atoms with Crippen molar-refractivity contribution in [3.05, 3.63) is 23.8 Å². The van der Waals surface area contributed by atoms with E-state index in [2.05, 4.69) is 0 Å². The van der Waals surface area contributed by atoms with Crippen LogP contribution < -0.4 is 5.73 Å². The number of anilines is 1. The third-order valence-electron chi connectivity index (χ3n) is 1.79. The lowest BCUT2D eigenvalue weighted by atomic mass is 10.2. The molecule has 0 aliphatic rings. The largest absolute Gasteiger partial charge is 0.507 e. The van der Waals surface area contributed by atoms with Crippen LogP contribution >= 0.6 is 0 Å². The zero-order valence-corrected chi connectivity index (χ0v) is 8.86. The van der Waals surface area contributed by atoms with Gasteiger partial charge in [-0.25, -0.2) is 4.79 Å². The minimum absolute atomic E-state index is 0.107. The average molecular weight is 209 g/mol. The molecule has 0 unspecified atom stereocenters. The van der Waals surface area contributed by atoms with E-state index in [1.165, 1.54) is 18.2 Å². The van der Waals surface area contributed by atoms with Gasteiger partial charge >= 0.3 is 5.97 Å². The highest BCUT2D eigenvalue weighted by molar-refractivity contribution is 5.93. The summed E-state index contributed by atoms with van der Waals surface area (Å²) in [6.45, 7) is 4.20. The Morgan fingerprint density at radius 1 is 1.53 bits per heavy atom. The molecule has 0 amide bonds. The summed E-state index contributed by atoms with van der Waals surface area (Å²) in [5.74, 6) is -0.399. The van der Waals surface area contributed by atoms with Gasteiger partial charge in [-0.2, -0.15) is 0 Å². The third kappa shape index (κ3) is 3.16. The molecule has 0 aliphatic heterocycles. The first-order valence-electron chi connectivity index (χ1n) is 4.76. The number of carbonyl (C=O) groups is 1. The average Bonchev–Trinajstić information content (AvgIpc) is 2.18. The van der Waals surface area contributed by atoms with Crippen LogP contribution in [0, 0.1) is 5.92 Å². The number of benzene rings is 1. The topological polar surface area (TPSA) is 72.5 Å². The molecule has 0 fully saturated rings. The van der Waals surface area contributed by atoms with Gasteiger partial charge in [0, 0.05) is 5.69 Å². The Balaban J connectivity index is 2.77. The van der Waals surface area contributed by atoms with Crippen molar-refractivity contribution in [2.45, 2.75) is 13.8 Å². The molecular weight excluding hydrogens is 194 g/mol. The van der Waals surface area contributed by atoms with E-state index in [4.69, 9.17) is 10.5 Å². The van der Waals surface area contributed by atoms with E-state index >= 15 is 0 Å². The highest BCUT2D eigenvalue weighted by Crippen LogP contribution is 2.20. The van der Waals surface area contributed by atoms with Gasteiger partial charge in [0.2, 0.25) is 0 Å². The minimum Gasteiger partial charge on any atom is -0.507 e. The molecule has 0 aromatic heterocycles. The predicted molar refractivity (Wildman–Crippen MR) is 57.6 cm³/mol. The van der Waals surface area contributed by atoms with Crippen molar-refractivity contribution in [1.29, 1.82) is 0 Å². The molecule has 0 radical (unpaired) electrons.